The molecule has 0 heterocycles. The van der Waals surface area contributed by atoms with Crippen LogP contribution in [0.25, 0.3) is 0 Å². The van der Waals surface area contributed by atoms with Gasteiger partial charge in [0.1, 0.15) is 6.07 Å². The van der Waals surface area contributed by atoms with E-state index in [0.29, 0.717) is 6.07 Å². The van der Waals surface area contributed by atoms with Crippen molar-refractivity contribution in [2.45, 2.75) is 31.4 Å². The molecule has 0 amide bonds. The zero-order valence-electron chi connectivity index (χ0n) is 11.9. The maximum Gasteiger partial charge on any atom is 0.434 e. The first-order valence-corrected chi connectivity index (χ1v) is 9.30. The Balaban J connectivity index is 3.95. The van der Waals surface area contributed by atoms with Crippen LogP contribution < -0.4 is 0 Å². The number of nitrogens with zero attached hydrogens (tertiary/aromatic N) is 1. The summed E-state index contributed by atoms with van der Waals surface area (Å²) >= 11 is 0. The summed E-state index contributed by atoms with van der Waals surface area (Å²) in [6, 6.07) is 0.536. The van der Waals surface area contributed by atoms with Crippen LogP contribution >= 0.6 is 0 Å². The molecule has 1 aromatic rings. The molecule has 1 rings (SSSR count). The quantitative estimate of drug-likeness (QED) is 0.343. The van der Waals surface area contributed by atoms with Crippen LogP contribution in [0.5, 0.6) is 0 Å². The van der Waals surface area contributed by atoms with Crippen molar-refractivity contribution in [2.24, 2.45) is 0 Å². The van der Waals surface area contributed by atoms with Gasteiger partial charge in [0.05, 0.1) is 5.56 Å². The van der Waals surface area contributed by atoms with Gasteiger partial charge in [0.25, 0.3) is 5.60 Å². The van der Waals surface area contributed by atoms with E-state index in [4.69, 9.17) is 5.26 Å². The first-order chi connectivity index (χ1) is 10.2. The van der Waals surface area contributed by atoms with Gasteiger partial charge in [-0.1, -0.05) is 0 Å². The highest BCUT2D eigenvalue weighted by Gasteiger charge is 2.63. The number of hydrogen-bond donors (Lipinski definition) is 0. The van der Waals surface area contributed by atoms with Crippen molar-refractivity contribution < 1.29 is 39.5 Å². The number of hydrogen-bond acceptors (Lipinski definition) is 2. The average Bonchev–Trinajstić information content (AvgIpc) is 2.39. The zero-order chi connectivity index (χ0) is 18.4. The minimum Gasteiger partial charge on any atom is -0.390 e. The fraction of sp³-hybridized carbons (Fsp3) is 0.417. The normalized spacial score (nSPS) is 15.2. The predicted octanol–water partition coefficient (Wildman–Crippen LogP) is 4.51. The van der Waals surface area contributed by atoms with Gasteiger partial charge < -0.3 is 4.43 Å². The highest BCUT2D eigenvalue weighted by Crippen LogP contribution is 2.46. The maximum atomic E-state index is 13.8. The van der Waals surface area contributed by atoms with E-state index in [1.54, 1.807) is 0 Å². The molecule has 1 atom stereocenters. The standard InChI is InChI=1S/C12H9F8NOSi/c1-23(2,3)22-11(4-21,12(18,19)20)5-6(13)8(15)10(17)9(16)7(5)14/h1-3H3. The summed E-state index contributed by atoms with van der Waals surface area (Å²) in [5, 5.41) is 8.88. The maximum absolute atomic E-state index is 13.8. The Kier molecular flexibility index (Phi) is 4.85. The molecule has 11 heteroatoms. The van der Waals surface area contributed by atoms with Gasteiger partial charge >= 0.3 is 6.18 Å². The molecular formula is C12H9F8NOSi. The van der Waals surface area contributed by atoms with E-state index in [1.807, 2.05) is 0 Å². The van der Waals surface area contributed by atoms with E-state index in [2.05, 4.69) is 4.43 Å². The monoisotopic (exact) mass is 363 g/mol. The zero-order valence-corrected chi connectivity index (χ0v) is 12.9. The number of benzene rings is 1. The van der Waals surface area contributed by atoms with Gasteiger partial charge in [-0.2, -0.15) is 18.4 Å². The number of halogens is 8. The van der Waals surface area contributed by atoms with Crippen molar-refractivity contribution >= 4 is 8.32 Å². The smallest absolute Gasteiger partial charge is 0.390 e. The van der Waals surface area contributed by atoms with Crippen LogP contribution in [0.4, 0.5) is 35.1 Å². The first kappa shape index (κ1) is 19.4. The predicted molar refractivity (Wildman–Crippen MR) is 64.0 cm³/mol. The summed E-state index contributed by atoms with van der Waals surface area (Å²) in [5.41, 5.74) is -6.69. The summed E-state index contributed by atoms with van der Waals surface area (Å²) in [7, 11) is -3.31. The molecule has 0 N–H and O–H groups in total. The third kappa shape index (κ3) is 3.18. The summed E-state index contributed by atoms with van der Waals surface area (Å²) in [5.74, 6) is -13.4. The molecule has 0 radical (unpaired) electrons. The van der Waals surface area contributed by atoms with E-state index in [-0.39, 0.29) is 0 Å². The molecule has 1 aromatic carbocycles. The van der Waals surface area contributed by atoms with E-state index in [0.717, 1.165) is 19.6 Å². The lowest BCUT2D eigenvalue weighted by molar-refractivity contribution is -0.236. The number of rotatable bonds is 3. The van der Waals surface area contributed by atoms with Gasteiger partial charge in [-0.25, -0.2) is 22.0 Å². The second kappa shape index (κ2) is 5.75. The van der Waals surface area contributed by atoms with Gasteiger partial charge in [0, 0.05) is 0 Å². The molecule has 0 saturated heterocycles. The van der Waals surface area contributed by atoms with Gasteiger partial charge in [-0.3, -0.25) is 0 Å². The Morgan fingerprint density at radius 1 is 0.826 bits per heavy atom. The lowest BCUT2D eigenvalue weighted by Gasteiger charge is -2.35. The molecule has 2 nitrogen and oxygen atoms in total. The number of nitriles is 1. The van der Waals surface area contributed by atoms with Crippen LogP contribution in [-0.4, -0.2) is 14.5 Å². The van der Waals surface area contributed by atoms with E-state index < -0.39 is 54.7 Å². The van der Waals surface area contributed by atoms with Crippen LogP contribution in [0.15, 0.2) is 0 Å². The second-order valence-corrected chi connectivity index (χ2v) is 9.88. The second-order valence-electron chi connectivity index (χ2n) is 5.45. The van der Waals surface area contributed by atoms with Crippen LogP contribution in [0.3, 0.4) is 0 Å². The molecule has 0 aromatic heterocycles. The van der Waals surface area contributed by atoms with Gasteiger partial charge in [-0.05, 0) is 19.6 Å². The molecule has 0 saturated carbocycles. The summed E-state index contributed by atoms with van der Waals surface area (Å²) < 4.78 is 111. The van der Waals surface area contributed by atoms with E-state index in [1.165, 1.54) is 0 Å². The molecule has 23 heavy (non-hydrogen) atoms. The average molecular weight is 363 g/mol. The van der Waals surface area contributed by atoms with Crippen molar-refractivity contribution in [3.63, 3.8) is 0 Å². The van der Waals surface area contributed by atoms with E-state index in [9.17, 15) is 35.1 Å². The van der Waals surface area contributed by atoms with Crippen molar-refractivity contribution in [1.82, 2.24) is 0 Å². The lowest BCUT2D eigenvalue weighted by atomic mass is 9.93. The molecule has 0 aliphatic rings. The minimum atomic E-state index is -5.75. The molecular weight excluding hydrogens is 354 g/mol. The fourth-order valence-electron chi connectivity index (χ4n) is 1.77. The lowest BCUT2D eigenvalue weighted by Crippen LogP contribution is -2.51. The number of alkyl halides is 3. The first-order valence-electron chi connectivity index (χ1n) is 5.89. The fourth-order valence-corrected chi connectivity index (χ4v) is 2.95. The third-order valence-electron chi connectivity index (χ3n) is 2.58. The molecule has 0 spiro atoms. The van der Waals surface area contributed by atoms with Gasteiger partial charge in [0.2, 0.25) is 5.82 Å². The Morgan fingerprint density at radius 3 is 1.43 bits per heavy atom. The van der Waals surface area contributed by atoms with Crippen molar-refractivity contribution in [2.75, 3.05) is 0 Å². The molecule has 0 fully saturated rings. The Labute approximate surface area is 126 Å². The molecule has 0 aliphatic carbocycles. The highest BCUT2D eigenvalue weighted by molar-refractivity contribution is 6.69. The van der Waals surface area contributed by atoms with Crippen LogP contribution in [0.1, 0.15) is 5.56 Å². The van der Waals surface area contributed by atoms with Crippen LogP contribution in [0, 0.1) is 40.4 Å². The molecule has 0 bridgehead atoms. The van der Waals surface area contributed by atoms with Gasteiger partial charge in [-0.15, -0.1) is 0 Å². The largest absolute Gasteiger partial charge is 0.434 e. The van der Waals surface area contributed by atoms with Crippen LogP contribution in [0.2, 0.25) is 19.6 Å². The summed E-state index contributed by atoms with van der Waals surface area (Å²) in [4.78, 5) is 0. The van der Waals surface area contributed by atoms with Crippen molar-refractivity contribution in [3.8, 4) is 6.07 Å². The Hall–Kier alpha value is -1.67. The minimum absolute atomic E-state index is 0.536. The van der Waals surface area contributed by atoms with E-state index >= 15 is 0 Å². The van der Waals surface area contributed by atoms with Crippen LogP contribution in [-0.2, 0) is 10.0 Å². The SMILES string of the molecule is C[Si](C)(C)OC(C#N)(c1c(F)c(F)c(F)c(F)c1F)C(F)(F)F. The van der Waals surface area contributed by atoms with Crippen molar-refractivity contribution in [3.05, 3.63) is 34.6 Å². The Morgan fingerprint density at radius 2 is 1.17 bits per heavy atom. The third-order valence-corrected chi connectivity index (χ3v) is 3.50. The molecule has 128 valence electrons. The highest BCUT2D eigenvalue weighted by atomic mass is 28.4. The molecule has 0 aliphatic heterocycles. The summed E-state index contributed by atoms with van der Waals surface area (Å²) in [6.07, 6.45) is -5.75. The van der Waals surface area contributed by atoms with Crippen molar-refractivity contribution in [1.29, 1.82) is 5.26 Å². The molecule has 1 unspecified atom stereocenters. The Bertz CT molecular complexity index is 647. The summed E-state index contributed by atoms with van der Waals surface area (Å²) in [6.45, 7) is 3.45. The topological polar surface area (TPSA) is 33.0 Å². The van der Waals surface area contributed by atoms with Gasteiger partial charge in [0.15, 0.2) is 31.6 Å².